The zero-order valence-electron chi connectivity index (χ0n) is 39.5. The molecule has 346 valence electrons. The molecule has 6 aromatic heterocycles. The van der Waals surface area contributed by atoms with Crippen molar-refractivity contribution in [2.24, 2.45) is 0 Å². The highest BCUT2D eigenvalue weighted by molar-refractivity contribution is 7.26. The second-order valence-corrected chi connectivity index (χ2v) is 23.6. The molecule has 1 nitrogen and oxygen atoms in total. The second kappa shape index (κ2) is 32.5. The molecule has 0 N–H and O–H groups in total. The third-order valence-corrected chi connectivity index (χ3v) is 17.9. The van der Waals surface area contributed by atoms with Gasteiger partial charge in [0.2, 0.25) is 0 Å². The summed E-state index contributed by atoms with van der Waals surface area (Å²) in [5.74, 6) is 16.3. The van der Waals surface area contributed by atoms with E-state index in [1.165, 1.54) is 192 Å². The van der Waals surface area contributed by atoms with E-state index in [2.05, 4.69) is 123 Å². The first-order chi connectivity index (χ1) is 32.1. The molecule has 0 atom stereocenters. The molecule has 1 saturated heterocycles. The molecule has 0 aromatic carbocycles. The first-order valence-corrected chi connectivity index (χ1v) is 29.6. The van der Waals surface area contributed by atoms with Crippen LogP contribution in [0.1, 0.15) is 188 Å². The monoisotopic (exact) mass is 976 g/mol. The van der Waals surface area contributed by atoms with Crippen molar-refractivity contribution in [3.05, 3.63) is 112 Å². The molecule has 0 spiro atoms. The van der Waals surface area contributed by atoms with E-state index in [0.717, 1.165) is 27.8 Å². The minimum atomic E-state index is 1.00. The maximum Gasteiger partial charge on any atom is 0.0779 e. The lowest BCUT2D eigenvalue weighted by Crippen LogP contribution is -1.82. The Bertz CT molecular complexity index is 2200. The molecular formula is C58H72OS6. The van der Waals surface area contributed by atoms with Crippen molar-refractivity contribution in [3.8, 4) is 55.5 Å². The lowest BCUT2D eigenvalue weighted by Gasteiger charge is -1.98. The standard InChI is InChI=1S/C40H44S5.C14H20S.C4H8O/c1-3-5-7-9-11-13-15-31-17-19-33(41-31)21-23-35-25-27-37(43-35)39-29-30-40(45-39)38-28-26-36(44-38)24-22-34-20-18-32(42-34)16-14-12-10-8-6-4-2;1-3-5-6-7-8-9-10-14-12-11-13(4-2)15-14;1-2-4-5-3-1/h17-20,25-30H,3-16H2,1-2H3;2,11-12H,3,5-10H2,1H3;1-4H2. The van der Waals surface area contributed by atoms with Gasteiger partial charge in [0.15, 0.2) is 0 Å². The molecule has 0 amide bonds. The number of terminal acetylenes is 1. The topological polar surface area (TPSA) is 9.23 Å². The predicted molar refractivity (Wildman–Crippen MR) is 295 cm³/mol. The third kappa shape index (κ3) is 21.1. The van der Waals surface area contributed by atoms with Gasteiger partial charge in [-0.25, -0.2) is 0 Å². The van der Waals surface area contributed by atoms with Crippen molar-refractivity contribution < 1.29 is 4.74 Å². The Morgan fingerprint density at radius 2 is 0.677 bits per heavy atom. The molecule has 0 unspecified atom stereocenters. The van der Waals surface area contributed by atoms with Crippen LogP contribution in [0.3, 0.4) is 0 Å². The summed E-state index contributed by atoms with van der Waals surface area (Å²) in [4.78, 5) is 15.2. The molecule has 1 fully saturated rings. The van der Waals surface area contributed by atoms with Crippen LogP contribution in [-0.2, 0) is 24.0 Å². The highest BCUT2D eigenvalue weighted by atomic mass is 32.1. The van der Waals surface area contributed by atoms with Crippen LogP contribution in [0.4, 0.5) is 0 Å². The summed E-state index contributed by atoms with van der Waals surface area (Å²) in [6.45, 7) is 8.81. The van der Waals surface area contributed by atoms with Crippen molar-refractivity contribution in [2.45, 2.75) is 168 Å². The smallest absolute Gasteiger partial charge is 0.0779 e. The third-order valence-electron chi connectivity index (χ3n) is 11.2. The zero-order valence-corrected chi connectivity index (χ0v) is 44.4. The molecular weight excluding hydrogens is 905 g/mol. The lowest BCUT2D eigenvalue weighted by atomic mass is 10.1. The maximum atomic E-state index is 5.33. The van der Waals surface area contributed by atoms with Crippen molar-refractivity contribution in [3.63, 3.8) is 0 Å². The van der Waals surface area contributed by atoms with E-state index >= 15 is 0 Å². The van der Waals surface area contributed by atoms with E-state index in [1.807, 2.05) is 34.0 Å². The van der Waals surface area contributed by atoms with Gasteiger partial charge in [-0.15, -0.1) is 74.4 Å². The van der Waals surface area contributed by atoms with E-state index in [-0.39, 0.29) is 0 Å². The predicted octanol–water partition coefficient (Wildman–Crippen LogP) is 19.4. The average Bonchev–Trinajstić information content (AvgIpc) is 4.18. The van der Waals surface area contributed by atoms with Crippen LogP contribution in [0.2, 0.25) is 0 Å². The average molecular weight is 978 g/mol. The van der Waals surface area contributed by atoms with Crippen LogP contribution >= 0.6 is 68.0 Å². The summed E-state index contributed by atoms with van der Waals surface area (Å²) in [7, 11) is 0. The second-order valence-electron chi connectivity index (χ2n) is 16.8. The van der Waals surface area contributed by atoms with E-state index in [9.17, 15) is 0 Å². The van der Waals surface area contributed by atoms with Crippen LogP contribution < -0.4 is 0 Å². The molecule has 7 heteroatoms. The zero-order chi connectivity index (χ0) is 45.6. The van der Waals surface area contributed by atoms with Gasteiger partial charge in [0.05, 0.1) is 24.4 Å². The van der Waals surface area contributed by atoms with Gasteiger partial charge in [-0.2, -0.15) is 0 Å². The van der Waals surface area contributed by atoms with Gasteiger partial charge < -0.3 is 4.74 Å². The molecule has 6 aromatic rings. The lowest BCUT2D eigenvalue weighted by molar-refractivity contribution is 0.198. The minimum absolute atomic E-state index is 1.00. The Hall–Kier alpha value is -3.16. The summed E-state index contributed by atoms with van der Waals surface area (Å²) in [6.07, 6.45) is 35.8. The first-order valence-electron chi connectivity index (χ1n) is 24.7. The van der Waals surface area contributed by atoms with Gasteiger partial charge in [0.25, 0.3) is 0 Å². The molecule has 0 radical (unpaired) electrons. The van der Waals surface area contributed by atoms with Gasteiger partial charge in [0, 0.05) is 47.4 Å². The van der Waals surface area contributed by atoms with Gasteiger partial charge >= 0.3 is 0 Å². The van der Waals surface area contributed by atoms with Crippen LogP contribution in [-0.4, -0.2) is 13.2 Å². The molecule has 1 aliphatic heterocycles. The van der Waals surface area contributed by atoms with E-state index < -0.39 is 0 Å². The molecule has 1 aliphatic rings. The summed E-state index contributed by atoms with van der Waals surface area (Å²) in [5.41, 5.74) is 0. The number of thiophene rings is 6. The van der Waals surface area contributed by atoms with Gasteiger partial charge in [-0.1, -0.05) is 123 Å². The van der Waals surface area contributed by atoms with Crippen LogP contribution in [0.5, 0.6) is 0 Å². The number of hydrogen-bond donors (Lipinski definition) is 0. The fourth-order valence-electron chi connectivity index (χ4n) is 7.42. The number of unbranched alkanes of at least 4 members (excludes halogenated alkanes) is 15. The summed E-state index contributed by atoms with van der Waals surface area (Å²) < 4.78 is 4.94. The fourth-order valence-corrected chi connectivity index (χ4v) is 13.0. The van der Waals surface area contributed by atoms with Crippen molar-refractivity contribution in [2.75, 3.05) is 13.2 Å². The van der Waals surface area contributed by atoms with E-state index in [0.29, 0.717) is 0 Å². The van der Waals surface area contributed by atoms with Gasteiger partial charge in [0.1, 0.15) is 0 Å². The summed E-state index contributed by atoms with van der Waals surface area (Å²) in [6, 6.07) is 26.4. The minimum Gasteiger partial charge on any atom is -0.381 e. The Morgan fingerprint density at radius 3 is 1.03 bits per heavy atom. The normalized spacial score (nSPS) is 11.7. The van der Waals surface area contributed by atoms with Crippen LogP contribution in [0.25, 0.3) is 19.5 Å². The number of hydrogen-bond acceptors (Lipinski definition) is 7. The summed E-state index contributed by atoms with van der Waals surface area (Å²) in [5, 5.41) is 0. The summed E-state index contributed by atoms with van der Waals surface area (Å²) >= 11 is 10.9. The van der Waals surface area contributed by atoms with Crippen LogP contribution in [0.15, 0.2) is 72.8 Å². The molecule has 0 aliphatic carbocycles. The first kappa shape index (κ1) is 52.8. The Balaban J connectivity index is 0.000000326. The number of rotatable bonds is 23. The van der Waals surface area contributed by atoms with Gasteiger partial charge in [-0.05, 0) is 148 Å². The Morgan fingerprint density at radius 1 is 0.369 bits per heavy atom. The maximum absolute atomic E-state index is 5.33. The fraction of sp³-hybridized carbons (Fsp3) is 0.483. The van der Waals surface area contributed by atoms with Crippen molar-refractivity contribution in [1.82, 2.24) is 0 Å². The molecule has 0 bridgehead atoms. The molecule has 7 rings (SSSR count). The SMILES string of the molecule is C#Cc1ccc(CCCCCCCC)s1.C1CCOC1.CCCCCCCCc1ccc(C#Cc2ccc(-c3ccc(-c4ccc(C#Cc5ccc(CCCCCCCC)s5)s4)s3)s2)s1. The largest absolute Gasteiger partial charge is 0.381 e. The van der Waals surface area contributed by atoms with Crippen molar-refractivity contribution >= 4 is 68.0 Å². The van der Waals surface area contributed by atoms with Gasteiger partial charge in [-0.3, -0.25) is 0 Å². The van der Waals surface area contributed by atoms with Crippen LogP contribution in [0, 0.1) is 36.0 Å². The number of ether oxygens (including phenoxy) is 1. The van der Waals surface area contributed by atoms with Crippen molar-refractivity contribution in [1.29, 1.82) is 0 Å². The molecule has 0 saturated carbocycles. The number of aryl methyl sites for hydroxylation is 3. The highest BCUT2D eigenvalue weighted by Gasteiger charge is 2.10. The quantitative estimate of drug-likeness (QED) is 0.0459. The Labute approximate surface area is 418 Å². The highest BCUT2D eigenvalue weighted by Crippen LogP contribution is 2.40. The van der Waals surface area contributed by atoms with E-state index in [1.54, 1.807) is 34.0 Å². The Kier molecular flexibility index (Phi) is 26.4. The molecule has 7 heterocycles. The van der Waals surface area contributed by atoms with E-state index in [4.69, 9.17) is 11.2 Å². The molecule has 65 heavy (non-hydrogen) atoms.